The van der Waals surface area contributed by atoms with Crippen molar-refractivity contribution < 1.29 is 0 Å². The average Bonchev–Trinajstić information content (AvgIpc) is 2.28. The zero-order valence-corrected chi connectivity index (χ0v) is 13.3. The van der Waals surface area contributed by atoms with E-state index in [4.69, 9.17) is 0 Å². The molecule has 0 aliphatic carbocycles. The predicted molar refractivity (Wildman–Crippen MR) is 83.4 cm³/mol. The van der Waals surface area contributed by atoms with E-state index in [-0.39, 0.29) is 5.41 Å². The lowest BCUT2D eigenvalue weighted by molar-refractivity contribution is 0.590. The van der Waals surface area contributed by atoms with Crippen molar-refractivity contribution in [3.63, 3.8) is 0 Å². The van der Waals surface area contributed by atoms with Crippen LogP contribution in [0.5, 0.6) is 0 Å². The van der Waals surface area contributed by atoms with Crippen LogP contribution in [0.25, 0.3) is 0 Å². The zero-order chi connectivity index (χ0) is 13.2. The smallest absolute Gasteiger partial charge is 0.0186 e. The fourth-order valence-electron chi connectivity index (χ4n) is 1.69. The Labute approximate surface area is 122 Å². The summed E-state index contributed by atoms with van der Waals surface area (Å²) in [7, 11) is 0. The van der Waals surface area contributed by atoms with Gasteiger partial charge in [0.05, 0.1) is 0 Å². The maximum atomic E-state index is 3.50. The van der Waals surface area contributed by atoms with Crippen LogP contribution in [-0.2, 0) is 5.41 Å². The lowest BCUT2D eigenvalue weighted by Gasteiger charge is -2.19. The highest BCUT2D eigenvalue weighted by molar-refractivity contribution is 9.10. The Morgan fingerprint density at radius 2 is 1.56 bits per heavy atom. The van der Waals surface area contributed by atoms with E-state index in [1.54, 1.807) is 11.8 Å². The standard InChI is InChI=1S/C16H17BrS/c1-16(2,3)12-7-9-14(10-8-12)18-15-6-4-5-13(17)11-15/h4-11H,1-3H3. The van der Waals surface area contributed by atoms with Gasteiger partial charge in [-0.15, -0.1) is 0 Å². The summed E-state index contributed by atoms with van der Waals surface area (Å²) in [6.07, 6.45) is 0. The van der Waals surface area contributed by atoms with Gasteiger partial charge in [0.15, 0.2) is 0 Å². The highest BCUT2D eigenvalue weighted by Gasteiger charge is 2.12. The quantitative estimate of drug-likeness (QED) is 0.664. The monoisotopic (exact) mass is 320 g/mol. The van der Waals surface area contributed by atoms with Gasteiger partial charge >= 0.3 is 0 Å². The van der Waals surface area contributed by atoms with Crippen molar-refractivity contribution in [1.82, 2.24) is 0 Å². The van der Waals surface area contributed by atoms with Crippen LogP contribution in [0.2, 0.25) is 0 Å². The minimum absolute atomic E-state index is 0.221. The van der Waals surface area contributed by atoms with Crippen LogP contribution in [0.1, 0.15) is 26.3 Å². The van der Waals surface area contributed by atoms with Crippen LogP contribution in [0.4, 0.5) is 0 Å². The number of hydrogen-bond donors (Lipinski definition) is 0. The van der Waals surface area contributed by atoms with Gasteiger partial charge in [-0.05, 0) is 41.3 Å². The molecule has 0 atom stereocenters. The Balaban J connectivity index is 2.16. The molecule has 0 spiro atoms. The third-order valence-electron chi connectivity index (χ3n) is 2.75. The molecule has 0 aromatic heterocycles. The normalized spacial score (nSPS) is 11.6. The Morgan fingerprint density at radius 1 is 0.889 bits per heavy atom. The third kappa shape index (κ3) is 3.63. The lowest BCUT2D eigenvalue weighted by atomic mass is 9.87. The molecule has 0 amide bonds. The van der Waals surface area contributed by atoms with E-state index in [1.165, 1.54) is 15.4 Å². The summed E-state index contributed by atoms with van der Waals surface area (Å²) < 4.78 is 1.12. The van der Waals surface area contributed by atoms with Crippen LogP contribution in [0.15, 0.2) is 62.8 Å². The number of benzene rings is 2. The van der Waals surface area contributed by atoms with E-state index < -0.39 is 0 Å². The second-order valence-electron chi connectivity index (χ2n) is 5.33. The van der Waals surface area contributed by atoms with E-state index in [9.17, 15) is 0 Å². The van der Waals surface area contributed by atoms with Crippen molar-refractivity contribution in [3.05, 3.63) is 58.6 Å². The van der Waals surface area contributed by atoms with E-state index in [1.807, 2.05) is 6.07 Å². The molecule has 2 aromatic rings. The molecule has 94 valence electrons. The molecule has 0 aliphatic rings. The van der Waals surface area contributed by atoms with E-state index in [0.29, 0.717) is 0 Å². The molecule has 2 heteroatoms. The molecule has 0 saturated carbocycles. The van der Waals surface area contributed by atoms with Gasteiger partial charge in [0.2, 0.25) is 0 Å². The molecule has 0 N–H and O–H groups in total. The van der Waals surface area contributed by atoms with Crippen LogP contribution >= 0.6 is 27.7 Å². The first-order valence-electron chi connectivity index (χ1n) is 5.99. The van der Waals surface area contributed by atoms with Gasteiger partial charge in [0.25, 0.3) is 0 Å². The molecule has 0 aliphatic heterocycles. The van der Waals surface area contributed by atoms with Crippen molar-refractivity contribution >= 4 is 27.7 Å². The Morgan fingerprint density at radius 3 is 2.11 bits per heavy atom. The lowest BCUT2D eigenvalue weighted by Crippen LogP contribution is -2.10. The van der Waals surface area contributed by atoms with Gasteiger partial charge in [0.1, 0.15) is 0 Å². The second-order valence-corrected chi connectivity index (χ2v) is 7.40. The molecule has 0 unspecified atom stereocenters. The van der Waals surface area contributed by atoms with Crippen molar-refractivity contribution in [3.8, 4) is 0 Å². The number of halogens is 1. The van der Waals surface area contributed by atoms with E-state index in [2.05, 4.69) is 79.2 Å². The zero-order valence-electron chi connectivity index (χ0n) is 10.9. The number of rotatable bonds is 2. The van der Waals surface area contributed by atoms with E-state index in [0.717, 1.165) is 4.47 Å². The maximum Gasteiger partial charge on any atom is 0.0186 e. The molecule has 0 fully saturated rings. The molecule has 2 rings (SSSR count). The van der Waals surface area contributed by atoms with Crippen LogP contribution < -0.4 is 0 Å². The van der Waals surface area contributed by atoms with Crippen LogP contribution in [0, 0.1) is 0 Å². The van der Waals surface area contributed by atoms with Crippen LogP contribution in [0.3, 0.4) is 0 Å². The van der Waals surface area contributed by atoms with Gasteiger partial charge in [0, 0.05) is 14.3 Å². The van der Waals surface area contributed by atoms with Crippen molar-refractivity contribution in [2.75, 3.05) is 0 Å². The number of hydrogen-bond acceptors (Lipinski definition) is 1. The first-order valence-corrected chi connectivity index (χ1v) is 7.60. The first-order chi connectivity index (χ1) is 8.45. The third-order valence-corrected chi connectivity index (χ3v) is 4.24. The molecule has 0 radical (unpaired) electrons. The maximum absolute atomic E-state index is 3.50. The molecule has 0 bridgehead atoms. The average molecular weight is 321 g/mol. The summed E-state index contributed by atoms with van der Waals surface area (Å²) in [4.78, 5) is 2.54. The van der Waals surface area contributed by atoms with E-state index >= 15 is 0 Å². The predicted octanol–water partition coefficient (Wildman–Crippen LogP) is 5.90. The van der Waals surface area contributed by atoms with Crippen molar-refractivity contribution in [2.45, 2.75) is 36.0 Å². The molecular weight excluding hydrogens is 304 g/mol. The molecule has 0 saturated heterocycles. The fourth-order valence-corrected chi connectivity index (χ4v) is 3.12. The van der Waals surface area contributed by atoms with Crippen molar-refractivity contribution in [2.24, 2.45) is 0 Å². The highest BCUT2D eigenvalue weighted by atomic mass is 79.9. The summed E-state index contributed by atoms with van der Waals surface area (Å²) in [5.41, 5.74) is 1.60. The first kappa shape index (κ1) is 13.7. The minimum Gasteiger partial charge on any atom is -0.0901 e. The van der Waals surface area contributed by atoms with Gasteiger partial charge in [-0.25, -0.2) is 0 Å². The fraction of sp³-hybridized carbons (Fsp3) is 0.250. The summed E-state index contributed by atoms with van der Waals surface area (Å²) in [6.45, 7) is 6.72. The largest absolute Gasteiger partial charge is 0.0901 e. The SMILES string of the molecule is CC(C)(C)c1ccc(Sc2cccc(Br)c2)cc1. The summed E-state index contributed by atoms with van der Waals surface area (Å²) in [5, 5.41) is 0. The summed E-state index contributed by atoms with van der Waals surface area (Å²) in [6, 6.07) is 17.2. The van der Waals surface area contributed by atoms with Crippen LogP contribution in [-0.4, -0.2) is 0 Å². The molecular formula is C16H17BrS. The highest BCUT2D eigenvalue weighted by Crippen LogP contribution is 2.31. The minimum atomic E-state index is 0.221. The molecule has 0 heterocycles. The Bertz CT molecular complexity index is 524. The molecule has 0 nitrogen and oxygen atoms in total. The Hall–Kier alpha value is -0.730. The topological polar surface area (TPSA) is 0 Å². The molecule has 2 aromatic carbocycles. The van der Waals surface area contributed by atoms with Gasteiger partial charge in [-0.3, -0.25) is 0 Å². The molecule has 18 heavy (non-hydrogen) atoms. The van der Waals surface area contributed by atoms with Gasteiger partial charge < -0.3 is 0 Å². The van der Waals surface area contributed by atoms with Gasteiger partial charge in [-0.2, -0.15) is 0 Å². The van der Waals surface area contributed by atoms with Crippen molar-refractivity contribution in [1.29, 1.82) is 0 Å². The second kappa shape index (κ2) is 5.50. The Kier molecular flexibility index (Phi) is 4.18. The van der Waals surface area contributed by atoms with Gasteiger partial charge in [-0.1, -0.05) is 66.7 Å². The summed E-state index contributed by atoms with van der Waals surface area (Å²) in [5.74, 6) is 0. The summed E-state index contributed by atoms with van der Waals surface area (Å²) >= 11 is 5.29.